The van der Waals surface area contributed by atoms with Crippen molar-refractivity contribution in [2.45, 2.75) is 26.2 Å². The summed E-state index contributed by atoms with van der Waals surface area (Å²) >= 11 is 0. The molecule has 1 aromatic carbocycles. The van der Waals surface area contributed by atoms with Gasteiger partial charge in [0.2, 0.25) is 0 Å². The lowest BCUT2D eigenvalue weighted by Gasteiger charge is -2.30. The predicted molar refractivity (Wildman–Crippen MR) is 63.6 cm³/mol. The minimum absolute atomic E-state index is 0.129. The SMILES string of the molecule is CCCC(CN)(CO)Cc1ccccc1. The van der Waals surface area contributed by atoms with Crippen LogP contribution in [0.15, 0.2) is 30.3 Å². The highest BCUT2D eigenvalue weighted by atomic mass is 16.3. The highest BCUT2D eigenvalue weighted by molar-refractivity contribution is 5.16. The molecule has 0 amide bonds. The number of nitrogens with two attached hydrogens (primary N) is 1. The Kier molecular flexibility index (Phi) is 4.79. The highest BCUT2D eigenvalue weighted by Gasteiger charge is 2.26. The molecule has 2 heteroatoms. The van der Waals surface area contributed by atoms with Gasteiger partial charge in [0.05, 0.1) is 6.61 Å². The van der Waals surface area contributed by atoms with Gasteiger partial charge in [-0.15, -0.1) is 0 Å². The van der Waals surface area contributed by atoms with Gasteiger partial charge in [0.25, 0.3) is 0 Å². The van der Waals surface area contributed by atoms with Crippen LogP contribution in [0.4, 0.5) is 0 Å². The number of hydrogen-bond donors (Lipinski definition) is 2. The summed E-state index contributed by atoms with van der Waals surface area (Å²) in [6.45, 7) is 2.85. The monoisotopic (exact) mass is 207 g/mol. The zero-order chi connectivity index (χ0) is 11.1. The molecule has 0 aliphatic carbocycles. The molecule has 0 aromatic heterocycles. The molecule has 0 aliphatic heterocycles. The molecular weight excluding hydrogens is 186 g/mol. The summed E-state index contributed by atoms with van der Waals surface area (Å²) in [6, 6.07) is 10.2. The third kappa shape index (κ3) is 3.33. The van der Waals surface area contributed by atoms with E-state index in [9.17, 15) is 5.11 Å². The van der Waals surface area contributed by atoms with E-state index >= 15 is 0 Å². The Balaban J connectivity index is 2.74. The molecule has 1 rings (SSSR count). The molecule has 1 unspecified atom stereocenters. The Morgan fingerprint density at radius 3 is 2.40 bits per heavy atom. The molecule has 15 heavy (non-hydrogen) atoms. The first kappa shape index (κ1) is 12.2. The van der Waals surface area contributed by atoms with Crippen LogP contribution in [-0.2, 0) is 6.42 Å². The highest BCUT2D eigenvalue weighted by Crippen LogP contribution is 2.27. The topological polar surface area (TPSA) is 46.2 Å². The standard InChI is InChI=1S/C13H21NO/c1-2-8-13(10-14,11-15)9-12-6-4-3-5-7-12/h3-7,15H,2,8-11,14H2,1H3. The van der Waals surface area contributed by atoms with Crippen molar-refractivity contribution in [2.75, 3.05) is 13.2 Å². The molecule has 2 nitrogen and oxygen atoms in total. The average Bonchev–Trinajstić information content (AvgIpc) is 2.30. The van der Waals surface area contributed by atoms with Gasteiger partial charge in [-0.1, -0.05) is 43.7 Å². The van der Waals surface area contributed by atoms with E-state index in [0.717, 1.165) is 19.3 Å². The molecule has 0 spiro atoms. The van der Waals surface area contributed by atoms with E-state index in [1.54, 1.807) is 0 Å². The van der Waals surface area contributed by atoms with Crippen LogP contribution in [-0.4, -0.2) is 18.3 Å². The maximum absolute atomic E-state index is 9.49. The van der Waals surface area contributed by atoms with Crippen molar-refractivity contribution >= 4 is 0 Å². The number of rotatable bonds is 6. The Morgan fingerprint density at radius 1 is 1.27 bits per heavy atom. The third-order valence-electron chi connectivity index (χ3n) is 2.97. The predicted octanol–water partition coefficient (Wildman–Crippen LogP) is 1.97. The first-order chi connectivity index (χ1) is 7.26. The van der Waals surface area contributed by atoms with Crippen molar-refractivity contribution in [3.8, 4) is 0 Å². The van der Waals surface area contributed by atoms with E-state index in [1.807, 2.05) is 18.2 Å². The Morgan fingerprint density at radius 2 is 1.93 bits per heavy atom. The van der Waals surface area contributed by atoms with Crippen molar-refractivity contribution in [3.63, 3.8) is 0 Å². The van der Waals surface area contributed by atoms with E-state index in [-0.39, 0.29) is 12.0 Å². The lowest BCUT2D eigenvalue weighted by molar-refractivity contribution is 0.121. The van der Waals surface area contributed by atoms with Crippen molar-refractivity contribution in [1.82, 2.24) is 0 Å². The van der Waals surface area contributed by atoms with Crippen LogP contribution in [0.3, 0.4) is 0 Å². The number of aliphatic hydroxyl groups excluding tert-OH is 1. The lowest BCUT2D eigenvalue weighted by atomic mass is 9.78. The summed E-state index contributed by atoms with van der Waals surface area (Å²) in [5, 5.41) is 9.49. The molecule has 0 radical (unpaired) electrons. The van der Waals surface area contributed by atoms with Crippen molar-refractivity contribution in [1.29, 1.82) is 0 Å². The molecule has 1 atom stereocenters. The van der Waals surface area contributed by atoms with Gasteiger partial charge in [-0.3, -0.25) is 0 Å². The normalized spacial score (nSPS) is 14.9. The fourth-order valence-electron chi connectivity index (χ4n) is 2.02. The summed E-state index contributed by atoms with van der Waals surface area (Å²) in [6.07, 6.45) is 2.91. The van der Waals surface area contributed by atoms with E-state index in [2.05, 4.69) is 19.1 Å². The first-order valence-corrected chi connectivity index (χ1v) is 5.61. The number of aliphatic hydroxyl groups is 1. The zero-order valence-corrected chi connectivity index (χ0v) is 9.45. The third-order valence-corrected chi connectivity index (χ3v) is 2.97. The Labute approximate surface area is 92.1 Å². The smallest absolute Gasteiger partial charge is 0.0502 e. The van der Waals surface area contributed by atoms with Gasteiger partial charge < -0.3 is 10.8 Å². The number of hydrogen-bond acceptors (Lipinski definition) is 2. The van der Waals surface area contributed by atoms with Crippen LogP contribution in [0.1, 0.15) is 25.3 Å². The molecule has 0 bridgehead atoms. The second-order valence-corrected chi connectivity index (χ2v) is 4.27. The maximum Gasteiger partial charge on any atom is 0.0502 e. The summed E-state index contributed by atoms with van der Waals surface area (Å²) in [5.41, 5.74) is 6.92. The lowest BCUT2D eigenvalue weighted by Crippen LogP contribution is -2.36. The molecule has 0 heterocycles. The Hall–Kier alpha value is -0.860. The summed E-state index contributed by atoms with van der Waals surface area (Å²) in [4.78, 5) is 0. The molecule has 0 aliphatic rings. The van der Waals surface area contributed by atoms with E-state index in [1.165, 1.54) is 5.56 Å². The molecule has 3 N–H and O–H groups in total. The molecule has 0 fully saturated rings. The van der Waals surface area contributed by atoms with Crippen molar-refractivity contribution in [2.24, 2.45) is 11.1 Å². The average molecular weight is 207 g/mol. The van der Waals surface area contributed by atoms with Crippen LogP contribution >= 0.6 is 0 Å². The van der Waals surface area contributed by atoms with Gasteiger partial charge in [0, 0.05) is 12.0 Å². The fraction of sp³-hybridized carbons (Fsp3) is 0.538. The van der Waals surface area contributed by atoms with Gasteiger partial charge in [-0.25, -0.2) is 0 Å². The summed E-state index contributed by atoms with van der Waals surface area (Å²) in [7, 11) is 0. The fourth-order valence-corrected chi connectivity index (χ4v) is 2.02. The zero-order valence-electron chi connectivity index (χ0n) is 9.45. The van der Waals surface area contributed by atoms with Crippen LogP contribution in [0, 0.1) is 5.41 Å². The number of benzene rings is 1. The second-order valence-electron chi connectivity index (χ2n) is 4.27. The van der Waals surface area contributed by atoms with Crippen LogP contribution in [0.5, 0.6) is 0 Å². The second kappa shape index (κ2) is 5.89. The van der Waals surface area contributed by atoms with Crippen LogP contribution in [0.25, 0.3) is 0 Å². The van der Waals surface area contributed by atoms with E-state index in [0.29, 0.717) is 6.54 Å². The molecule has 0 saturated heterocycles. The molecular formula is C13H21NO. The van der Waals surface area contributed by atoms with Crippen molar-refractivity contribution in [3.05, 3.63) is 35.9 Å². The minimum atomic E-state index is -0.129. The van der Waals surface area contributed by atoms with E-state index < -0.39 is 0 Å². The summed E-state index contributed by atoms with van der Waals surface area (Å²) in [5.74, 6) is 0. The van der Waals surface area contributed by atoms with Gasteiger partial charge in [-0.05, 0) is 18.4 Å². The minimum Gasteiger partial charge on any atom is -0.396 e. The molecule has 1 aromatic rings. The Bertz CT molecular complexity index is 267. The van der Waals surface area contributed by atoms with Gasteiger partial charge in [0.1, 0.15) is 0 Å². The van der Waals surface area contributed by atoms with Gasteiger partial charge >= 0.3 is 0 Å². The summed E-state index contributed by atoms with van der Waals surface area (Å²) < 4.78 is 0. The van der Waals surface area contributed by atoms with Gasteiger partial charge in [0.15, 0.2) is 0 Å². The van der Waals surface area contributed by atoms with E-state index in [4.69, 9.17) is 5.73 Å². The van der Waals surface area contributed by atoms with Crippen molar-refractivity contribution < 1.29 is 5.11 Å². The largest absolute Gasteiger partial charge is 0.396 e. The first-order valence-electron chi connectivity index (χ1n) is 5.61. The van der Waals surface area contributed by atoms with Gasteiger partial charge in [-0.2, -0.15) is 0 Å². The van der Waals surface area contributed by atoms with Crippen LogP contribution < -0.4 is 5.73 Å². The maximum atomic E-state index is 9.49. The molecule has 0 saturated carbocycles. The molecule has 84 valence electrons. The quantitative estimate of drug-likeness (QED) is 0.749. The van der Waals surface area contributed by atoms with Crippen LogP contribution in [0.2, 0.25) is 0 Å².